The quantitative estimate of drug-likeness (QED) is 0.688. The van der Waals surface area contributed by atoms with Gasteiger partial charge in [-0.05, 0) is 19.4 Å². The van der Waals surface area contributed by atoms with Crippen molar-refractivity contribution in [2.45, 2.75) is 20.3 Å². The molecule has 0 aliphatic heterocycles. The molecule has 0 bridgehead atoms. The standard InChI is InChI=1S/C12H20N2O2/c1-3-8-15-9-7-13-11-5-6-12(14-10-11)16-4-2/h5-6,10,13H,3-4,7-9H2,1-2H3. The van der Waals surface area contributed by atoms with Crippen molar-refractivity contribution in [3.05, 3.63) is 18.3 Å². The van der Waals surface area contributed by atoms with Gasteiger partial charge in [-0.25, -0.2) is 4.98 Å². The first-order valence-electron chi connectivity index (χ1n) is 5.77. The average Bonchev–Trinajstić information content (AvgIpc) is 2.31. The zero-order valence-electron chi connectivity index (χ0n) is 10.0. The van der Waals surface area contributed by atoms with E-state index in [1.54, 1.807) is 6.20 Å². The third-order valence-electron chi connectivity index (χ3n) is 1.95. The third-order valence-corrected chi connectivity index (χ3v) is 1.95. The van der Waals surface area contributed by atoms with Gasteiger partial charge in [0.1, 0.15) is 0 Å². The van der Waals surface area contributed by atoms with Crippen LogP contribution in [0.15, 0.2) is 18.3 Å². The maximum absolute atomic E-state index is 5.36. The molecule has 0 unspecified atom stereocenters. The van der Waals surface area contributed by atoms with Gasteiger partial charge in [-0.1, -0.05) is 6.92 Å². The number of anilines is 1. The van der Waals surface area contributed by atoms with Crippen LogP contribution in [0.5, 0.6) is 5.88 Å². The highest BCUT2D eigenvalue weighted by atomic mass is 16.5. The van der Waals surface area contributed by atoms with E-state index >= 15 is 0 Å². The lowest BCUT2D eigenvalue weighted by atomic mass is 10.4. The molecule has 0 aliphatic carbocycles. The van der Waals surface area contributed by atoms with E-state index in [1.165, 1.54) is 0 Å². The van der Waals surface area contributed by atoms with E-state index in [0.717, 1.165) is 31.9 Å². The lowest BCUT2D eigenvalue weighted by molar-refractivity contribution is 0.144. The van der Waals surface area contributed by atoms with Crippen LogP contribution in [-0.2, 0) is 4.74 Å². The molecule has 90 valence electrons. The summed E-state index contributed by atoms with van der Waals surface area (Å²) in [6.07, 6.45) is 2.83. The van der Waals surface area contributed by atoms with E-state index in [-0.39, 0.29) is 0 Å². The highest BCUT2D eigenvalue weighted by molar-refractivity contribution is 5.41. The summed E-state index contributed by atoms with van der Waals surface area (Å²) < 4.78 is 10.6. The molecule has 4 heteroatoms. The molecule has 0 atom stereocenters. The maximum atomic E-state index is 5.36. The van der Waals surface area contributed by atoms with Crippen molar-refractivity contribution < 1.29 is 9.47 Å². The SMILES string of the molecule is CCCOCCNc1ccc(OCC)nc1. The Bertz CT molecular complexity index is 275. The number of nitrogens with one attached hydrogen (secondary N) is 1. The van der Waals surface area contributed by atoms with E-state index in [9.17, 15) is 0 Å². The third kappa shape index (κ3) is 4.98. The van der Waals surface area contributed by atoms with Crippen LogP contribution in [0.1, 0.15) is 20.3 Å². The normalized spacial score (nSPS) is 10.1. The molecule has 0 fully saturated rings. The molecule has 4 nitrogen and oxygen atoms in total. The van der Waals surface area contributed by atoms with Gasteiger partial charge in [-0.15, -0.1) is 0 Å². The van der Waals surface area contributed by atoms with Crippen molar-refractivity contribution in [2.24, 2.45) is 0 Å². The Morgan fingerprint density at radius 1 is 1.25 bits per heavy atom. The van der Waals surface area contributed by atoms with Crippen LogP contribution < -0.4 is 10.1 Å². The lowest BCUT2D eigenvalue weighted by Crippen LogP contribution is -2.09. The first kappa shape index (κ1) is 12.8. The Hall–Kier alpha value is -1.29. The minimum absolute atomic E-state index is 0.643. The molecule has 1 heterocycles. The van der Waals surface area contributed by atoms with Crippen molar-refractivity contribution in [1.29, 1.82) is 0 Å². The van der Waals surface area contributed by atoms with Crippen molar-refractivity contribution >= 4 is 5.69 Å². The molecular formula is C12H20N2O2. The molecule has 0 spiro atoms. The molecule has 1 aromatic rings. The number of pyridine rings is 1. The van der Waals surface area contributed by atoms with Crippen LogP contribution in [0.4, 0.5) is 5.69 Å². The van der Waals surface area contributed by atoms with Gasteiger partial charge in [-0.3, -0.25) is 0 Å². The van der Waals surface area contributed by atoms with Gasteiger partial charge < -0.3 is 14.8 Å². The van der Waals surface area contributed by atoms with Gasteiger partial charge >= 0.3 is 0 Å². The van der Waals surface area contributed by atoms with Gasteiger partial charge in [0.15, 0.2) is 0 Å². The van der Waals surface area contributed by atoms with Crippen LogP contribution in [-0.4, -0.2) is 31.3 Å². The molecule has 0 saturated carbocycles. The molecule has 1 N–H and O–H groups in total. The summed E-state index contributed by atoms with van der Waals surface area (Å²) in [7, 11) is 0. The van der Waals surface area contributed by atoms with Crippen LogP contribution >= 0.6 is 0 Å². The molecule has 0 aromatic carbocycles. The Kier molecular flexibility index (Phi) is 6.33. The fourth-order valence-corrected chi connectivity index (χ4v) is 1.23. The Labute approximate surface area is 97.0 Å². The number of aromatic nitrogens is 1. The van der Waals surface area contributed by atoms with Crippen molar-refractivity contribution in [1.82, 2.24) is 4.98 Å². The summed E-state index contributed by atoms with van der Waals surface area (Å²) >= 11 is 0. The van der Waals surface area contributed by atoms with E-state index in [1.807, 2.05) is 19.1 Å². The second-order valence-electron chi connectivity index (χ2n) is 3.36. The summed E-state index contributed by atoms with van der Waals surface area (Å²) in [5.41, 5.74) is 0.989. The summed E-state index contributed by atoms with van der Waals surface area (Å²) in [5, 5.41) is 3.23. The minimum Gasteiger partial charge on any atom is -0.478 e. The van der Waals surface area contributed by atoms with Crippen molar-refractivity contribution in [2.75, 3.05) is 31.7 Å². The second kappa shape index (κ2) is 7.93. The monoisotopic (exact) mass is 224 g/mol. The second-order valence-corrected chi connectivity index (χ2v) is 3.36. The van der Waals surface area contributed by atoms with E-state index in [2.05, 4.69) is 17.2 Å². The number of rotatable bonds is 8. The number of nitrogens with zero attached hydrogens (tertiary/aromatic N) is 1. The van der Waals surface area contributed by atoms with Crippen molar-refractivity contribution in [3.63, 3.8) is 0 Å². The molecular weight excluding hydrogens is 204 g/mol. The molecule has 1 rings (SSSR count). The molecule has 16 heavy (non-hydrogen) atoms. The molecule has 0 aliphatic rings. The fourth-order valence-electron chi connectivity index (χ4n) is 1.23. The number of hydrogen-bond donors (Lipinski definition) is 1. The highest BCUT2D eigenvalue weighted by Gasteiger charge is 1.95. The molecule has 1 aromatic heterocycles. The molecule has 0 amide bonds. The van der Waals surface area contributed by atoms with Crippen molar-refractivity contribution in [3.8, 4) is 5.88 Å². The van der Waals surface area contributed by atoms with E-state index in [0.29, 0.717) is 12.5 Å². The number of ether oxygens (including phenoxy) is 2. The summed E-state index contributed by atoms with van der Waals surface area (Å²) in [5.74, 6) is 0.662. The first-order valence-corrected chi connectivity index (χ1v) is 5.77. The van der Waals surface area contributed by atoms with Crippen LogP contribution in [0.2, 0.25) is 0 Å². The molecule has 0 saturated heterocycles. The Morgan fingerprint density at radius 2 is 2.12 bits per heavy atom. The minimum atomic E-state index is 0.643. The lowest BCUT2D eigenvalue weighted by Gasteiger charge is -2.07. The smallest absolute Gasteiger partial charge is 0.213 e. The highest BCUT2D eigenvalue weighted by Crippen LogP contribution is 2.10. The van der Waals surface area contributed by atoms with E-state index in [4.69, 9.17) is 9.47 Å². The predicted octanol–water partition coefficient (Wildman–Crippen LogP) is 2.32. The van der Waals surface area contributed by atoms with Gasteiger partial charge in [0, 0.05) is 19.2 Å². The zero-order valence-corrected chi connectivity index (χ0v) is 10.0. The Morgan fingerprint density at radius 3 is 2.75 bits per heavy atom. The van der Waals surface area contributed by atoms with Crippen LogP contribution in [0.25, 0.3) is 0 Å². The van der Waals surface area contributed by atoms with Crippen LogP contribution in [0.3, 0.4) is 0 Å². The Balaban J connectivity index is 2.21. The maximum Gasteiger partial charge on any atom is 0.213 e. The predicted molar refractivity (Wildman–Crippen MR) is 65.0 cm³/mol. The van der Waals surface area contributed by atoms with Gasteiger partial charge in [0.25, 0.3) is 0 Å². The van der Waals surface area contributed by atoms with Gasteiger partial charge in [-0.2, -0.15) is 0 Å². The van der Waals surface area contributed by atoms with E-state index < -0.39 is 0 Å². The van der Waals surface area contributed by atoms with Gasteiger partial charge in [0.2, 0.25) is 5.88 Å². The van der Waals surface area contributed by atoms with Gasteiger partial charge in [0.05, 0.1) is 25.1 Å². The topological polar surface area (TPSA) is 43.4 Å². The fraction of sp³-hybridized carbons (Fsp3) is 0.583. The number of hydrogen-bond acceptors (Lipinski definition) is 4. The molecule has 0 radical (unpaired) electrons. The summed E-state index contributed by atoms with van der Waals surface area (Å²) in [4.78, 5) is 4.16. The summed E-state index contributed by atoms with van der Waals surface area (Å²) in [6, 6.07) is 3.82. The first-order chi connectivity index (χ1) is 7.86. The average molecular weight is 224 g/mol. The summed E-state index contributed by atoms with van der Waals surface area (Å²) in [6.45, 7) is 7.03. The van der Waals surface area contributed by atoms with Crippen LogP contribution in [0, 0.1) is 0 Å². The largest absolute Gasteiger partial charge is 0.478 e. The zero-order chi connectivity index (χ0) is 11.6.